The van der Waals surface area contributed by atoms with E-state index in [0.29, 0.717) is 24.5 Å². The van der Waals surface area contributed by atoms with Gasteiger partial charge in [0, 0.05) is 37.9 Å². The molecule has 2 aromatic rings. The third-order valence-corrected chi connectivity index (χ3v) is 5.77. The minimum absolute atomic E-state index is 0.133. The molecule has 1 fully saturated rings. The number of carbonyl (C=O) groups is 1. The van der Waals surface area contributed by atoms with Crippen LogP contribution >= 0.6 is 0 Å². The highest BCUT2D eigenvalue weighted by Crippen LogP contribution is 2.31. The summed E-state index contributed by atoms with van der Waals surface area (Å²) >= 11 is 0. The fraction of sp³-hybridized carbons (Fsp3) is 0.478. The Bertz CT molecular complexity index is 924. The lowest BCUT2D eigenvalue weighted by Gasteiger charge is -2.30. The zero-order chi connectivity index (χ0) is 22.6. The number of anilines is 2. The number of nitrogens with zero attached hydrogens (tertiary/aromatic N) is 2. The maximum Gasteiger partial charge on any atom is 0.433 e. The number of aryl methyl sites for hydroxylation is 1. The Hall–Kier alpha value is -2.77. The van der Waals surface area contributed by atoms with Crippen molar-refractivity contribution in [3.63, 3.8) is 0 Å². The fourth-order valence-corrected chi connectivity index (χ4v) is 3.88. The molecule has 2 N–H and O–H groups in total. The van der Waals surface area contributed by atoms with E-state index in [4.69, 9.17) is 0 Å². The Labute approximate surface area is 181 Å². The van der Waals surface area contributed by atoms with Crippen molar-refractivity contribution in [1.82, 2.24) is 10.3 Å². The van der Waals surface area contributed by atoms with Crippen LogP contribution in [0.1, 0.15) is 54.5 Å². The summed E-state index contributed by atoms with van der Waals surface area (Å²) in [5, 5.41) is 5.98. The van der Waals surface area contributed by atoms with E-state index in [2.05, 4.69) is 15.6 Å². The quantitative estimate of drug-likeness (QED) is 0.682. The van der Waals surface area contributed by atoms with Crippen LogP contribution in [0.25, 0.3) is 0 Å². The third kappa shape index (κ3) is 5.48. The van der Waals surface area contributed by atoms with Crippen molar-refractivity contribution in [3.05, 3.63) is 52.7 Å². The van der Waals surface area contributed by atoms with Crippen molar-refractivity contribution < 1.29 is 18.0 Å². The van der Waals surface area contributed by atoms with E-state index in [1.54, 1.807) is 0 Å². The van der Waals surface area contributed by atoms with Crippen LogP contribution in [-0.2, 0) is 17.5 Å². The lowest BCUT2D eigenvalue weighted by Crippen LogP contribution is -2.33. The monoisotopic (exact) mass is 434 g/mol. The van der Waals surface area contributed by atoms with Crippen molar-refractivity contribution in [2.24, 2.45) is 0 Å². The van der Waals surface area contributed by atoms with Crippen LogP contribution in [0, 0.1) is 6.92 Å². The highest BCUT2D eigenvalue weighted by Gasteiger charge is 2.34. The molecule has 1 atom stereocenters. The van der Waals surface area contributed by atoms with Gasteiger partial charge in [-0.3, -0.25) is 4.79 Å². The van der Waals surface area contributed by atoms with Gasteiger partial charge >= 0.3 is 6.18 Å². The number of piperidine rings is 1. The summed E-state index contributed by atoms with van der Waals surface area (Å²) in [4.78, 5) is 18.6. The molecule has 168 valence electrons. The van der Waals surface area contributed by atoms with Gasteiger partial charge in [-0.05, 0) is 56.4 Å². The van der Waals surface area contributed by atoms with Gasteiger partial charge < -0.3 is 15.5 Å². The summed E-state index contributed by atoms with van der Waals surface area (Å²) in [6.45, 7) is 5.26. The highest BCUT2D eigenvalue weighted by molar-refractivity contribution is 5.83. The highest BCUT2D eigenvalue weighted by atomic mass is 19.4. The summed E-state index contributed by atoms with van der Waals surface area (Å²) in [6, 6.07) is 8.22. The predicted molar refractivity (Wildman–Crippen MR) is 116 cm³/mol. The first-order valence-corrected chi connectivity index (χ1v) is 10.6. The van der Waals surface area contributed by atoms with Gasteiger partial charge in [0.25, 0.3) is 0 Å². The largest absolute Gasteiger partial charge is 0.433 e. The maximum absolute atomic E-state index is 13.2. The summed E-state index contributed by atoms with van der Waals surface area (Å²) in [7, 11) is 1.84. The molecule has 0 aliphatic carbocycles. The van der Waals surface area contributed by atoms with Gasteiger partial charge in [0.1, 0.15) is 11.5 Å². The predicted octanol–water partition coefficient (Wildman–Crippen LogP) is 4.86. The van der Waals surface area contributed by atoms with Crippen LogP contribution in [0.3, 0.4) is 0 Å². The summed E-state index contributed by atoms with van der Waals surface area (Å²) in [5.41, 5.74) is 2.61. The SMILES string of the molecule is CNc1ccc(C(C)C(=O)NCc2ccc(C(F)(F)F)nc2N2CCCCC2)cc1C. The maximum atomic E-state index is 13.2. The minimum Gasteiger partial charge on any atom is -0.388 e. The number of pyridine rings is 1. The number of benzene rings is 1. The smallest absolute Gasteiger partial charge is 0.388 e. The van der Waals surface area contributed by atoms with E-state index in [0.717, 1.165) is 42.1 Å². The number of aromatic nitrogens is 1. The van der Waals surface area contributed by atoms with Gasteiger partial charge in [-0.2, -0.15) is 13.2 Å². The van der Waals surface area contributed by atoms with Crippen molar-refractivity contribution in [2.75, 3.05) is 30.4 Å². The standard InChI is InChI=1S/C23H29F3N4O/c1-15-13-17(7-9-19(15)27-3)16(2)22(31)28-14-18-8-10-20(23(24,25)26)29-21(18)30-11-5-4-6-12-30/h7-10,13,16,27H,4-6,11-12,14H2,1-3H3,(H,28,31). The molecule has 1 aliphatic rings. The van der Waals surface area contributed by atoms with Gasteiger partial charge in [0.2, 0.25) is 5.91 Å². The summed E-state index contributed by atoms with van der Waals surface area (Å²) in [6.07, 6.45) is -1.60. The number of halogens is 3. The second-order valence-electron chi connectivity index (χ2n) is 7.99. The van der Waals surface area contributed by atoms with Crippen molar-refractivity contribution in [2.45, 2.75) is 51.7 Å². The first-order valence-electron chi connectivity index (χ1n) is 10.6. The van der Waals surface area contributed by atoms with E-state index in [9.17, 15) is 18.0 Å². The molecule has 1 unspecified atom stereocenters. The molecule has 8 heteroatoms. The van der Waals surface area contributed by atoms with Crippen LogP contribution in [0.5, 0.6) is 0 Å². The average Bonchev–Trinajstić information content (AvgIpc) is 2.76. The van der Waals surface area contributed by atoms with Gasteiger partial charge in [-0.25, -0.2) is 4.98 Å². The zero-order valence-electron chi connectivity index (χ0n) is 18.1. The van der Waals surface area contributed by atoms with Crippen LogP contribution < -0.4 is 15.5 Å². The molecule has 0 spiro atoms. The Kier molecular flexibility index (Phi) is 7.08. The normalized spacial score (nSPS) is 15.5. The fourth-order valence-electron chi connectivity index (χ4n) is 3.88. The first kappa shape index (κ1) is 22.9. The molecule has 1 aromatic heterocycles. The molecule has 1 amide bonds. The first-order chi connectivity index (χ1) is 14.7. The molecule has 3 rings (SSSR count). The number of nitrogens with one attached hydrogen (secondary N) is 2. The second-order valence-corrected chi connectivity index (χ2v) is 7.99. The van der Waals surface area contributed by atoms with Crippen LogP contribution in [-0.4, -0.2) is 31.0 Å². The molecule has 1 aromatic carbocycles. The van der Waals surface area contributed by atoms with E-state index < -0.39 is 11.9 Å². The molecule has 0 bridgehead atoms. The summed E-state index contributed by atoms with van der Waals surface area (Å²) in [5.74, 6) is -0.247. The van der Waals surface area contributed by atoms with Gasteiger partial charge in [-0.1, -0.05) is 18.2 Å². The lowest BCUT2D eigenvalue weighted by atomic mass is 9.97. The molecule has 2 heterocycles. The van der Waals surface area contributed by atoms with Gasteiger partial charge in [0.15, 0.2) is 0 Å². The zero-order valence-corrected chi connectivity index (χ0v) is 18.1. The number of alkyl halides is 3. The van der Waals surface area contributed by atoms with Crippen molar-refractivity contribution >= 4 is 17.4 Å². The molecule has 5 nitrogen and oxygen atoms in total. The Balaban J connectivity index is 1.76. The molecule has 0 saturated carbocycles. The Morgan fingerprint density at radius 1 is 1.16 bits per heavy atom. The van der Waals surface area contributed by atoms with Crippen molar-refractivity contribution in [1.29, 1.82) is 0 Å². The van der Waals surface area contributed by atoms with E-state index >= 15 is 0 Å². The molecule has 1 aliphatic heterocycles. The number of carbonyl (C=O) groups excluding carboxylic acids is 1. The number of amides is 1. The van der Waals surface area contributed by atoms with Gasteiger partial charge in [0.05, 0.1) is 5.92 Å². The van der Waals surface area contributed by atoms with Crippen LogP contribution in [0.15, 0.2) is 30.3 Å². The van der Waals surface area contributed by atoms with Crippen LogP contribution in [0.2, 0.25) is 0 Å². The molecule has 31 heavy (non-hydrogen) atoms. The minimum atomic E-state index is -4.50. The van der Waals surface area contributed by atoms with E-state index in [-0.39, 0.29) is 18.4 Å². The number of rotatable bonds is 6. The van der Waals surface area contributed by atoms with Crippen molar-refractivity contribution in [3.8, 4) is 0 Å². The topological polar surface area (TPSA) is 57.3 Å². The van der Waals surface area contributed by atoms with E-state index in [1.165, 1.54) is 6.07 Å². The molecule has 1 saturated heterocycles. The second kappa shape index (κ2) is 9.58. The third-order valence-electron chi connectivity index (χ3n) is 5.77. The summed E-state index contributed by atoms with van der Waals surface area (Å²) < 4.78 is 39.6. The number of hydrogen-bond acceptors (Lipinski definition) is 4. The molecular weight excluding hydrogens is 405 g/mol. The lowest BCUT2D eigenvalue weighted by molar-refractivity contribution is -0.141. The Morgan fingerprint density at radius 3 is 2.48 bits per heavy atom. The molecular formula is C23H29F3N4O. The van der Waals surface area contributed by atoms with E-state index in [1.807, 2.05) is 44.0 Å². The average molecular weight is 435 g/mol. The van der Waals surface area contributed by atoms with Crippen LogP contribution in [0.4, 0.5) is 24.7 Å². The number of hydrogen-bond donors (Lipinski definition) is 2. The Morgan fingerprint density at radius 2 is 1.87 bits per heavy atom. The molecule has 0 radical (unpaired) electrons. The van der Waals surface area contributed by atoms with Gasteiger partial charge in [-0.15, -0.1) is 0 Å².